The normalized spacial score (nSPS) is 14.8. The van der Waals surface area contributed by atoms with Crippen molar-refractivity contribution in [1.82, 2.24) is 19.5 Å². The molecule has 10 heteroatoms. The number of aryl methyl sites for hydroxylation is 1. The molecule has 9 nitrogen and oxygen atoms in total. The van der Waals surface area contributed by atoms with E-state index < -0.39 is 0 Å². The number of ether oxygens (including phenoxy) is 1. The number of halogens is 1. The molecule has 6 rings (SSSR count). The van der Waals surface area contributed by atoms with E-state index in [4.69, 9.17) is 21.3 Å². The molecule has 0 fully saturated rings. The van der Waals surface area contributed by atoms with Crippen molar-refractivity contribution in [3.8, 4) is 17.0 Å². The molecule has 0 radical (unpaired) electrons. The van der Waals surface area contributed by atoms with Crippen molar-refractivity contribution < 1.29 is 14.3 Å². The molecule has 0 saturated heterocycles. The van der Waals surface area contributed by atoms with Gasteiger partial charge in [0.1, 0.15) is 5.75 Å². The van der Waals surface area contributed by atoms with Gasteiger partial charge in [-0.2, -0.15) is 0 Å². The molecule has 0 atom stereocenters. The number of hydrogen-bond acceptors (Lipinski definition) is 5. The maximum Gasteiger partial charge on any atom is 0.276 e. The lowest BCUT2D eigenvalue weighted by Crippen LogP contribution is -2.41. The summed E-state index contributed by atoms with van der Waals surface area (Å²) in [5.41, 5.74) is 4.83. The van der Waals surface area contributed by atoms with Crippen molar-refractivity contribution in [2.24, 2.45) is 0 Å². The van der Waals surface area contributed by atoms with Gasteiger partial charge in [0, 0.05) is 41.7 Å². The van der Waals surface area contributed by atoms with Gasteiger partial charge in [-0.1, -0.05) is 35.9 Å². The molecule has 0 unspecified atom stereocenters. The first-order valence-electron chi connectivity index (χ1n) is 12.6. The highest BCUT2D eigenvalue weighted by atomic mass is 35.5. The second-order valence-corrected chi connectivity index (χ2v) is 10.1. The summed E-state index contributed by atoms with van der Waals surface area (Å²) < 4.78 is 6.98. The molecule has 194 valence electrons. The highest BCUT2D eigenvalue weighted by molar-refractivity contribution is 6.33. The van der Waals surface area contributed by atoms with Gasteiger partial charge in [-0.05, 0) is 43.5 Å². The number of carbonyl (C=O) groups excluding carboxylic acids is 2. The summed E-state index contributed by atoms with van der Waals surface area (Å²) >= 11 is 6.34. The summed E-state index contributed by atoms with van der Waals surface area (Å²) in [4.78, 5) is 46.9. The monoisotopic (exact) mass is 531 g/mol. The van der Waals surface area contributed by atoms with E-state index >= 15 is 0 Å². The predicted molar refractivity (Wildman–Crippen MR) is 144 cm³/mol. The molecule has 4 heterocycles. The van der Waals surface area contributed by atoms with E-state index in [-0.39, 0.29) is 30.5 Å². The van der Waals surface area contributed by atoms with Gasteiger partial charge in [-0.15, -0.1) is 0 Å². The van der Waals surface area contributed by atoms with Crippen LogP contribution in [0.4, 0.5) is 5.69 Å². The maximum absolute atomic E-state index is 13.2. The van der Waals surface area contributed by atoms with Crippen LogP contribution in [0.3, 0.4) is 0 Å². The van der Waals surface area contributed by atoms with Gasteiger partial charge in [-0.3, -0.25) is 19.5 Å². The van der Waals surface area contributed by atoms with Gasteiger partial charge in [0.2, 0.25) is 5.91 Å². The lowest BCUT2D eigenvalue weighted by Gasteiger charge is -2.30. The number of hydrogen-bond donors (Lipinski definition) is 1. The van der Waals surface area contributed by atoms with Crippen LogP contribution in [0.1, 0.15) is 29.7 Å². The predicted octanol–water partition coefficient (Wildman–Crippen LogP) is 3.74. The molecule has 4 aromatic rings. The molecule has 0 saturated carbocycles. The molecule has 0 bridgehead atoms. The van der Waals surface area contributed by atoms with Crippen LogP contribution in [0.2, 0.25) is 5.02 Å². The van der Waals surface area contributed by atoms with Crippen molar-refractivity contribution in [1.29, 1.82) is 0 Å². The Kier molecular flexibility index (Phi) is 6.15. The highest BCUT2D eigenvalue weighted by Crippen LogP contribution is 2.33. The highest BCUT2D eigenvalue weighted by Gasteiger charge is 2.28. The van der Waals surface area contributed by atoms with Gasteiger partial charge in [-0.25, -0.2) is 9.50 Å². The summed E-state index contributed by atoms with van der Waals surface area (Å²) in [7, 11) is 0. The van der Waals surface area contributed by atoms with Crippen LogP contribution in [0.15, 0.2) is 53.3 Å². The number of aromatic amines is 1. The van der Waals surface area contributed by atoms with E-state index in [1.165, 1.54) is 4.52 Å². The van der Waals surface area contributed by atoms with Crippen LogP contribution in [0.25, 0.3) is 16.9 Å². The zero-order valence-electron chi connectivity index (χ0n) is 20.9. The second-order valence-electron chi connectivity index (χ2n) is 9.66. The summed E-state index contributed by atoms with van der Waals surface area (Å²) in [6.07, 6.45) is 1.25. The zero-order chi connectivity index (χ0) is 26.4. The average Bonchev–Trinajstić information content (AvgIpc) is 3.34. The molecular weight excluding hydrogens is 506 g/mol. The first-order chi connectivity index (χ1) is 18.4. The Morgan fingerprint density at radius 3 is 2.84 bits per heavy atom. The van der Waals surface area contributed by atoms with Crippen LogP contribution in [0.5, 0.6) is 5.75 Å². The van der Waals surface area contributed by atoms with Crippen LogP contribution < -0.4 is 15.2 Å². The lowest BCUT2D eigenvalue weighted by molar-refractivity contribution is -0.132. The third kappa shape index (κ3) is 4.32. The molecule has 2 aliphatic rings. The summed E-state index contributed by atoms with van der Waals surface area (Å²) in [6, 6.07) is 14.9. The van der Waals surface area contributed by atoms with Gasteiger partial charge in [0.05, 0.1) is 23.6 Å². The molecular formula is C28H26ClN5O4. The van der Waals surface area contributed by atoms with E-state index in [2.05, 4.69) is 5.10 Å². The largest absolute Gasteiger partial charge is 0.482 e. The molecule has 0 aliphatic carbocycles. The van der Waals surface area contributed by atoms with E-state index in [0.717, 1.165) is 16.8 Å². The van der Waals surface area contributed by atoms with Crippen molar-refractivity contribution in [3.63, 3.8) is 0 Å². The smallest absolute Gasteiger partial charge is 0.276 e. The number of rotatable bonds is 5. The minimum atomic E-state index is -0.157. The van der Waals surface area contributed by atoms with Crippen molar-refractivity contribution in [2.45, 2.75) is 32.7 Å². The van der Waals surface area contributed by atoms with Gasteiger partial charge < -0.3 is 14.5 Å². The Morgan fingerprint density at radius 1 is 1.16 bits per heavy atom. The SMILES string of the molecule is Cc1ccc2c(c1)N(CCCC(=O)N1CCc3c(nc4cc(-c5ccccc5Cl)[nH]n4c3=O)C1)C(=O)CO2. The number of carbonyl (C=O) groups is 2. The third-order valence-electron chi connectivity index (χ3n) is 7.11. The fraction of sp³-hybridized carbons (Fsp3) is 0.286. The van der Waals surface area contributed by atoms with E-state index in [1.54, 1.807) is 21.9 Å². The number of fused-ring (bicyclic) bond motifs is 3. The standard InChI is InChI=1S/C28H26ClN5O4/c1-17-8-9-24-23(13-17)33(27(36)16-38-24)11-4-7-26(35)32-12-10-19-22(15-32)30-25-14-21(31-34(25)28(19)37)18-5-2-3-6-20(18)29/h2-3,5-6,8-9,13-14,31H,4,7,10-12,15-16H2,1H3. The Bertz CT molecular complexity index is 1640. The average molecular weight is 532 g/mol. The van der Waals surface area contributed by atoms with E-state index in [9.17, 15) is 14.4 Å². The summed E-state index contributed by atoms with van der Waals surface area (Å²) in [6.45, 7) is 3.13. The van der Waals surface area contributed by atoms with Gasteiger partial charge in [0.25, 0.3) is 11.5 Å². The Morgan fingerprint density at radius 2 is 2.00 bits per heavy atom. The van der Waals surface area contributed by atoms with Crippen LogP contribution >= 0.6 is 11.6 Å². The molecule has 0 spiro atoms. The number of amides is 2. The van der Waals surface area contributed by atoms with Gasteiger partial charge in [0.15, 0.2) is 12.3 Å². The summed E-state index contributed by atoms with van der Waals surface area (Å²) in [5, 5.41) is 3.69. The quantitative estimate of drug-likeness (QED) is 0.423. The number of nitrogens with one attached hydrogen (secondary N) is 1. The first-order valence-corrected chi connectivity index (χ1v) is 13.0. The second kappa shape index (κ2) is 9.64. The topological polar surface area (TPSA) is 100 Å². The number of H-pyrrole nitrogens is 1. The Hall–Kier alpha value is -4.11. The molecule has 2 aromatic heterocycles. The van der Waals surface area contributed by atoms with E-state index in [0.29, 0.717) is 65.7 Å². The zero-order valence-corrected chi connectivity index (χ0v) is 21.6. The van der Waals surface area contributed by atoms with Gasteiger partial charge >= 0.3 is 0 Å². The first kappa shape index (κ1) is 24.2. The van der Waals surface area contributed by atoms with E-state index in [1.807, 2.05) is 43.3 Å². The Labute approximate surface area is 223 Å². The Balaban J connectivity index is 1.15. The van der Waals surface area contributed by atoms with Crippen molar-refractivity contribution in [3.05, 3.63) is 80.7 Å². The number of nitrogens with zero attached hydrogens (tertiary/aromatic N) is 4. The molecule has 2 aromatic carbocycles. The lowest BCUT2D eigenvalue weighted by atomic mass is 10.1. The fourth-order valence-corrected chi connectivity index (χ4v) is 5.37. The fourth-order valence-electron chi connectivity index (χ4n) is 5.13. The minimum absolute atomic E-state index is 0.0000564. The van der Waals surface area contributed by atoms with Crippen LogP contribution in [-0.2, 0) is 22.6 Å². The number of anilines is 1. The van der Waals surface area contributed by atoms with Crippen LogP contribution in [0, 0.1) is 6.92 Å². The molecule has 38 heavy (non-hydrogen) atoms. The maximum atomic E-state index is 13.2. The van der Waals surface area contributed by atoms with Crippen LogP contribution in [-0.4, -0.2) is 51.0 Å². The number of benzene rings is 2. The molecule has 2 aliphatic heterocycles. The minimum Gasteiger partial charge on any atom is -0.482 e. The number of aromatic nitrogens is 3. The molecule has 2 amide bonds. The summed E-state index contributed by atoms with van der Waals surface area (Å²) in [5.74, 6) is 0.549. The third-order valence-corrected chi connectivity index (χ3v) is 7.44. The van der Waals surface area contributed by atoms with Crippen molar-refractivity contribution >= 4 is 34.7 Å². The van der Waals surface area contributed by atoms with Crippen molar-refractivity contribution in [2.75, 3.05) is 24.6 Å². The molecule has 1 N–H and O–H groups in total.